The van der Waals surface area contributed by atoms with Gasteiger partial charge in [0, 0.05) is 12.2 Å². The van der Waals surface area contributed by atoms with Gasteiger partial charge in [-0.2, -0.15) is 4.98 Å². The average Bonchev–Trinajstić information content (AvgIpc) is 2.95. The monoisotopic (exact) mass is 219 g/mol. The van der Waals surface area contributed by atoms with Gasteiger partial charge in [-0.3, -0.25) is 0 Å². The van der Waals surface area contributed by atoms with Crippen LogP contribution in [-0.4, -0.2) is 27.1 Å². The van der Waals surface area contributed by atoms with Crippen molar-refractivity contribution < 1.29 is 14.3 Å². The molecule has 6 heteroatoms. The van der Waals surface area contributed by atoms with E-state index < -0.39 is 5.97 Å². The molecule has 0 unspecified atom stereocenters. The predicted molar refractivity (Wildman–Crippen MR) is 55.4 cm³/mol. The Morgan fingerprint density at radius 3 is 3.06 bits per heavy atom. The summed E-state index contributed by atoms with van der Waals surface area (Å²) in [5.41, 5.74) is 1.49. The van der Waals surface area contributed by atoms with Crippen LogP contribution in [0.15, 0.2) is 16.7 Å². The van der Waals surface area contributed by atoms with Gasteiger partial charge in [0.2, 0.25) is 5.65 Å². The summed E-state index contributed by atoms with van der Waals surface area (Å²) >= 11 is 0. The van der Waals surface area contributed by atoms with Crippen LogP contribution in [-0.2, 0) is 0 Å². The van der Waals surface area contributed by atoms with Gasteiger partial charge in [0.15, 0.2) is 5.58 Å². The Labute approximate surface area is 90.3 Å². The van der Waals surface area contributed by atoms with E-state index in [4.69, 9.17) is 9.52 Å². The van der Waals surface area contributed by atoms with Gasteiger partial charge in [-0.15, -0.1) is 0 Å². The van der Waals surface area contributed by atoms with E-state index in [0.29, 0.717) is 17.3 Å². The number of carbonyl (C=O) groups is 1. The van der Waals surface area contributed by atoms with E-state index in [-0.39, 0.29) is 5.89 Å². The Morgan fingerprint density at radius 1 is 1.56 bits per heavy atom. The Morgan fingerprint density at radius 2 is 2.38 bits per heavy atom. The molecule has 2 aromatic rings. The second kappa shape index (κ2) is 3.19. The van der Waals surface area contributed by atoms with E-state index in [2.05, 4.69) is 15.3 Å². The molecule has 0 spiro atoms. The number of pyridine rings is 1. The van der Waals surface area contributed by atoms with Crippen LogP contribution < -0.4 is 5.32 Å². The largest absolute Gasteiger partial charge is 0.474 e. The van der Waals surface area contributed by atoms with Crippen molar-refractivity contribution >= 4 is 22.9 Å². The molecule has 16 heavy (non-hydrogen) atoms. The Balaban J connectivity index is 2.09. The van der Waals surface area contributed by atoms with Gasteiger partial charge in [-0.25, -0.2) is 9.78 Å². The van der Waals surface area contributed by atoms with Gasteiger partial charge in [-0.05, 0) is 18.9 Å². The molecule has 1 aliphatic rings. The zero-order valence-corrected chi connectivity index (χ0v) is 8.30. The van der Waals surface area contributed by atoms with Crippen LogP contribution in [0.25, 0.3) is 11.2 Å². The number of oxazole rings is 1. The second-order valence-electron chi connectivity index (χ2n) is 3.75. The van der Waals surface area contributed by atoms with Gasteiger partial charge < -0.3 is 14.8 Å². The molecular weight excluding hydrogens is 210 g/mol. The molecule has 2 N–H and O–H groups in total. The highest BCUT2D eigenvalue weighted by Gasteiger charge is 2.23. The molecule has 2 aromatic heterocycles. The van der Waals surface area contributed by atoms with Gasteiger partial charge in [0.1, 0.15) is 0 Å². The summed E-state index contributed by atoms with van der Waals surface area (Å²) in [6.45, 7) is 0. The molecule has 3 rings (SSSR count). The highest BCUT2D eigenvalue weighted by Crippen LogP contribution is 2.29. The second-order valence-corrected chi connectivity index (χ2v) is 3.75. The van der Waals surface area contributed by atoms with E-state index in [9.17, 15) is 4.79 Å². The number of nitrogens with zero attached hydrogens (tertiary/aromatic N) is 2. The first-order chi connectivity index (χ1) is 7.74. The van der Waals surface area contributed by atoms with E-state index in [0.717, 1.165) is 18.5 Å². The zero-order valence-electron chi connectivity index (χ0n) is 8.30. The highest BCUT2D eigenvalue weighted by atomic mass is 16.4. The van der Waals surface area contributed by atoms with Gasteiger partial charge >= 0.3 is 11.9 Å². The minimum absolute atomic E-state index is 0.322. The number of carboxylic acid groups (broad SMARTS) is 1. The first-order valence-corrected chi connectivity index (χ1v) is 4.99. The zero-order chi connectivity index (χ0) is 11.1. The molecule has 2 heterocycles. The van der Waals surface area contributed by atoms with Gasteiger partial charge in [0.25, 0.3) is 0 Å². The number of hydrogen-bond acceptors (Lipinski definition) is 5. The molecule has 1 fully saturated rings. The third-order valence-corrected chi connectivity index (χ3v) is 2.41. The van der Waals surface area contributed by atoms with Crippen molar-refractivity contribution in [1.82, 2.24) is 9.97 Å². The van der Waals surface area contributed by atoms with E-state index in [1.54, 1.807) is 12.3 Å². The van der Waals surface area contributed by atoms with E-state index >= 15 is 0 Å². The molecule has 1 aliphatic carbocycles. The summed E-state index contributed by atoms with van der Waals surface area (Å²) < 4.78 is 5.15. The summed E-state index contributed by atoms with van der Waals surface area (Å²) in [5, 5.41) is 12.0. The maximum atomic E-state index is 10.7. The molecule has 0 aromatic carbocycles. The van der Waals surface area contributed by atoms with Crippen LogP contribution >= 0.6 is 0 Å². The standard InChI is InChI=1S/C10H9N3O3/c14-10(15)9-13-8-7(16-9)6(3-4-11-8)12-5-1-2-5/h3-5H,1-2H2,(H,11,12)(H,14,15). The number of rotatable bonds is 3. The number of carboxylic acids is 1. The van der Waals surface area contributed by atoms with Crippen LogP contribution in [0.4, 0.5) is 5.69 Å². The minimum Gasteiger partial charge on any atom is -0.474 e. The molecule has 0 bridgehead atoms. The lowest BCUT2D eigenvalue weighted by atomic mass is 10.3. The number of nitrogens with one attached hydrogen (secondary N) is 1. The lowest BCUT2D eigenvalue weighted by Gasteiger charge is -2.02. The van der Waals surface area contributed by atoms with Gasteiger partial charge in [-0.1, -0.05) is 0 Å². The molecule has 82 valence electrons. The fourth-order valence-electron chi connectivity index (χ4n) is 1.49. The first-order valence-electron chi connectivity index (χ1n) is 4.99. The van der Waals surface area contributed by atoms with Crippen molar-refractivity contribution in [1.29, 1.82) is 0 Å². The van der Waals surface area contributed by atoms with Crippen LogP contribution in [0.3, 0.4) is 0 Å². The van der Waals surface area contributed by atoms with Crippen molar-refractivity contribution in [2.45, 2.75) is 18.9 Å². The summed E-state index contributed by atoms with van der Waals surface area (Å²) in [6, 6.07) is 2.22. The molecule has 0 amide bonds. The highest BCUT2D eigenvalue weighted by molar-refractivity contribution is 5.89. The summed E-state index contributed by atoms with van der Waals surface area (Å²) in [5.74, 6) is -1.51. The molecule has 0 radical (unpaired) electrons. The number of anilines is 1. The van der Waals surface area contributed by atoms with E-state index in [1.165, 1.54) is 0 Å². The van der Waals surface area contributed by atoms with Crippen molar-refractivity contribution in [2.24, 2.45) is 0 Å². The van der Waals surface area contributed by atoms with Crippen molar-refractivity contribution in [3.05, 3.63) is 18.2 Å². The molecule has 6 nitrogen and oxygen atoms in total. The minimum atomic E-state index is -1.18. The van der Waals surface area contributed by atoms with Crippen molar-refractivity contribution in [2.75, 3.05) is 5.32 Å². The maximum absolute atomic E-state index is 10.7. The Bertz CT molecular complexity index is 559. The third kappa shape index (κ3) is 1.48. The quantitative estimate of drug-likeness (QED) is 0.813. The van der Waals surface area contributed by atoms with Crippen LogP contribution in [0, 0.1) is 0 Å². The molecular formula is C10H9N3O3. The lowest BCUT2D eigenvalue weighted by Crippen LogP contribution is -2.00. The Hall–Kier alpha value is -2.11. The fourth-order valence-corrected chi connectivity index (χ4v) is 1.49. The molecule has 0 atom stereocenters. The number of aromatic nitrogens is 2. The van der Waals surface area contributed by atoms with Crippen molar-refractivity contribution in [3.63, 3.8) is 0 Å². The maximum Gasteiger partial charge on any atom is 0.392 e. The van der Waals surface area contributed by atoms with Crippen molar-refractivity contribution in [3.8, 4) is 0 Å². The summed E-state index contributed by atoms with van der Waals surface area (Å²) in [7, 11) is 0. The summed E-state index contributed by atoms with van der Waals surface area (Å²) in [6.07, 6.45) is 3.84. The topological polar surface area (TPSA) is 88.2 Å². The van der Waals surface area contributed by atoms with E-state index in [1.807, 2.05) is 0 Å². The average molecular weight is 219 g/mol. The molecule has 1 saturated carbocycles. The molecule has 0 aliphatic heterocycles. The number of aromatic carboxylic acids is 1. The van der Waals surface area contributed by atoms with Gasteiger partial charge in [0.05, 0.1) is 5.69 Å². The molecule has 0 saturated heterocycles. The Kier molecular flexibility index (Phi) is 1.82. The van der Waals surface area contributed by atoms with Crippen LogP contribution in [0.5, 0.6) is 0 Å². The SMILES string of the molecule is O=C(O)c1nc2nccc(NC3CC3)c2o1. The third-order valence-electron chi connectivity index (χ3n) is 2.41. The number of hydrogen-bond donors (Lipinski definition) is 2. The predicted octanol–water partition coefficient (Wildman–Crippen LogP) is 1.50. The normalized spacial score (nSPS) is 15.2. The number of fused-ring (bicyclic) bond motifs is 1. The first kappa shape index (κ1) is 9.14. The van der Waals surface area contributed by atoms with Crippen LogP contribution in [0.1, 0.15) is 23.5 Å². The lowest BCUT2D eigenvalue weighted by molar-refractivity contribution is 0.0656. The fraction of sp³-hybridized carbons (Fsp3) is 0.300. The smallest absolute Gasteiger partial charge is 0.392 e. The van der Waals surface area contributed by atoms with Crippen LogP contribution in [0.2, 0.25) is 0 Å². The summed E-state index contributed by atoms with van der Waals surface area (Å²) in [4.78, 5) is 18.5.